The topological polar surface area (TPSA) is 36.9 Å². The van der Waals surface area contributed by atoms with Crippen LogP contribution in [0, 0.1) is 0 Å². The van der Waals surface area contributed by atoms with Gasteiger partial charge in [0, 0.05) is 26.4 Å². The average molecular weight is 355 g/mol. The van der Waals surface area contributed by atoms with E-state index in [1.165, 1.54) is 51.4 Å². The summed E-state index contributed by atoms with van der Waals surface area (Å²) in [6, 6.07) is 0. The molecule has 2 atom stereocenters. The molecule has 0 radical (unpaired) electrons. The van der Waals surface area contributed by atoms with E-state index in [9.17, 15) is 0 Å². The SMILES string of the molecule is C(=C\CCCCOC1CCCCO1)/CCCCCOC1CCCCO1. The lowest BCUT2D eigenvalue weighted by Crippen LogP contribution is -2.22. The minimum Gasteiger partial charge on any atom is -0.353 e. The molecule has 0 aromatic rings. The van der Waals surface area contributed by atoms with E-state index < -0.39 is 0 Å². The summed E-state index contributed by atoms with van der Waals surface area (Å²) in [5.74, 6) is 0. The Morgan fingerprint density at radius 2 is 1.16 bits per heavy atom. The zero-order valence-corrected chi connectivity index (χ0v) is 16.0. The molecule has 25 heavy (non-hydrogen) atoms. The van der Waals surface area contributed by atoms with Gasteiger partial charge >= 0.3 is 0 Å². The molecule has 2 aliphatic rings. The Kier molecular flexibility index (Phi) is 12.3. The summed E-state index contributed by atoms with van der Waals surface area (Å²) in [4.78, 5) is 0. The zero-order valence-electron chi connectivity index (χ0n) is 16.0. The fourth-order valence-corrected chi connectivity index (χ4v) is 3.26. The molecule has 0 amide bonds. The van der Waals surface area contributed by atoms with Crippen LogP contribution < -0.4 is 0 Å². The number of hydrogen-bond acceptors (Lipinski definition) is 4. The van der Waals surface area contributed by atoms with Gasteiger partial charge in [0.2, 0.25) is 0 Å². The van der Waals surface area contributed by atoms with Gasteiger partial charge in [-0.2, -0.15) is 0 Å². The summed E-state index contributed by atoms with van der Waals surface area (Å²) in [6.07, 6.45) is 20.1. The summed E-state index contributed by atoms with van der Waals surface area (Å²) in [6.45, 7) is 3.42. The third-order valence-electron chi connectivity index (χ3n) is 4.83. The zero-order chi connectivity index (χ0) is 17.4. The number of hydrogen-bond donors (Lipinski definition) is 0. The molecule has 0 N–H and O–H groups in total. The molecule has 0 aromatic heterocycles. The van der Waals surface area contributed by atoms with Crippen molar-refractivity contribution in [3.05, 3.63) is 12.2 Å². The molecule has 2 unspecified atom stereocenters. The van der Waals surface area contributed by atoms with Crippen LogP contribution in [-0.2, 0) is 18.9 Å². The maximum absolute atomic E-state index is 5.75. The van der Waals surface area contributed by atoms with Gasteiger partial charge in [-0.05, 0) is 77.0 Å². The molecule has 0 bridgehead atoms. The smallest absolute Gasteiger partial charge is 0.157 e. The molecule has 2 rings (SSSR count). The molecule has 2 heterocycles. The van der Waals surface area contributed by atoms with Gasteiger partial charge in [-0.3, -0.25) is 0 Å². The summed E-state index contributed by atoms with van der Waals surface area (Å²) in [5.41, 5.74) is 0. The largest absolute Gasteiger partial charge is 0.353 e. The Morgan fingerprint density at radius 1 is 0.640 bits per heavy atom. The molecular formula is C21H38O4. The van der Waals surface area contributed by atoms with E-state index in [2.05, 4.69) is 12.2 Å². The van der Waals surface area contributed by atoms with Gasteiger partial charge < -0.3 is 18.9 Å². The normalized spacial score (nSPS) is 24.8. The van der Waals surface area contributed by atoms with Crippen LogP contribution >= 0.6 is 0 Å². The standard InChI is InChI=1S/C21H38O4/c1(2-4-6-10-16-22-20-14-8-12-18-24-20)3-5-7-11-17-23-21-15-9-13-19-25-21/h1-2,20-21H,3-19H2/b2-1+. The molecule has 0 aliphatic carbocycles. The van der Waals surface area contributed by atoms with Gasteiger partial charge in [0.05, 0.1) is 0 Å². The molecular weight excluding hydrogens is 316 g/mol. The molecule has 146 valence electrons. The molecule has 4 heteroatoms. The molecule has 0 spiro atoms. The van der Waals surface area contributed by atoms with Gasteiger partial charge in [0.25, 0.3) is 0 Å². The van der Waals surface area contributed by atoms with Crippen molar-refractivity contribution >= 4 is 0 Å². The Morgan fingerprint density at radius 3 is 1.68 bits per heavy atom. The molecule has 0 aromatic carbocycles. The second-order valence-electron chi connectivity index (χ2n) is 7.15. The first-order valence-electron chi connectivity index (χ1n) is 10.6. The van der Waals surface area contributed by atoms with Crippen LogP contribution in [0.4, 0.5) is 0 Å². The van der Waals surface area contributed by atoms with Crippen LogP contribution in [0.15, 0.2) is 12.2 Å². The highest BCUT2D eigenvalue weighted by molar-refractivity contribution is 4.81. The fourth-order valence-electron chi connectivity index (χ4n) is 3.26. The van der Waals surface area contributed by atoms with Crippen LogP contribution in [0.2, 0.25) is 0 Å². The molecule has 2 saturated heterocycles. The van der Waals surface area contributed by atoms with E-state index in [1.54, 1.807) is 0 Å². The van der Waals surface area contributed by atoms with Crippen molar-refractivity contribution in [1.82, 2.24) is 0 Å². The third kappa shape index (κ3) is 11.0. The van der Waals surface area contributed by atoms with E-state index >= 15 is 0 Å². The molecule has 4 nitrogen and oxygen atoms in total. The van der Waals surface area contributed by atoms with Crippen LogP contribution in [0.1, 0.15) is 83.5 Å². The first-order valence-corrected chi connectivity index (χ1v) is 10.6. The monoisotopic (exact) mass is 354 g/mol. The predicted octanol–water partition coefficient (Wildman–Crippen LogP) is 5.36. The Hall–Kier alpha value is -0.420. The Labute approximate surface area is 154 Å². The lowest BCUT2D eigenvalue weighted by Gasteiger charge is -2.22. The quantitative estimate of drug-likeness (QED) is 0.329. The van der Waals surface area contributed by atoms with Crippen LogP contribution in [0.25, 0.3) is 0 Å². The number of unbranched alkanes of at least 4 members (excludes halogenated alkanes) is 5. The summed E-state index contributed by atoms with van der Waals surface area (Å²) in [7, 11) is 0. The highest BCUT2D eigenvalue weighted by Crippen LogP contribution is 2.15. The highest BCUT2D eigenvalue weighted by Gasteiger charge is 2.13. The lowest BCUT2D eigenvalue weighted by molar-refractivity contribution is -0.163. The predicted molar refractivity (Wildman–Crippen MR) is 101 cm³/mol. The summed E-state index contributed by atoms with van der Waals surface area (Å²) < 4.78 is 22.6. The van der Waals surface area contributed by atoms with E-state index in [0.717, 1.165) is 58.5 Å². The molecule has 0 saturated carbocycles. The second-order valence-corrected chi connectivity index (χ2v) is 7.15. The van der Waals surface area contributed by atoms with Gasteiger partial charge in [0.15, 0.2) is 12.6 Å². The highest BCUT2D eigenvalue weighted by atomic mass is 16.7. The number of ether oxygens (including phenoxy) is 4. The van der Waals surface area contributed by atoms with Crippen molar-refractivity contribution in [3.63, 3.8) is 0 Å². The first-order chi connectivity index (χ1) is 12.4. The minimum absolute atomic E-state index is 0.0675. The van der Waals surface area contributed by atoms with Gasteiger partial charge in [0.1, 0.15) is 0 Å². The van der Waals surface area contributed by atoms with Crippen LogP contribution in [-0.4, -0.2) is 39.0 Å². The fraction of sp³-hybridized carbons (Fsp3) is 0.905. The van der Waals surface area contributed by atoms with Crippen molar-refractivity contribution in [2.24, 2.45) is 0 Å². The van der Waals surface area contributed by atoms with E-state index in [-0.39, 0.29) is 12.6 Å². The first kappa shape index (κ1) is 20.9. The van der Waals surface area contributed by atoms with E-state index in [0.29, 0.717) is 0 Å². The van der Waals surface area contributed by atoms with Crippen molar-refractivity contribution in [1.29, 1.82) is 0 Å². The lowest BCUT2D eigenvalue weighted by atomic mass is 10.1. The van der Waals surface area contributed by atoms with Crippen LogP contribution in [0.3, 0.4) is 0 Å². The van der Waals surface area contributed by atoms with Gasteiger partial charge in [-0.1, -0.05) is 18.6 Å². The minimum atomic E-state index is 0.0675. The van der Waals surface area contributed by atoms with Crippen molar-refractivity contribution in [2.75, 3.05) is 26.4 Å². The molecule has 2 fully saturated rings. The summed E-state index contributed by atoms with van der Waals surface area (Å²) >= 11 is 0. The van der Waals surface area contributed by atoms with Crippen molar-refractivity contribution in [3.8, 4) is 0 Å². The van der Waals surface area contributed by atoms with Crippen LogP contribution in [0.5, 0.6) is 0 Å². The number of rotatable bonds is 13. The maximum Gasteiger partial charge on any atom is 0.157 e. The van der Waals surface area contributed by atoms with Crippen molar-refractivity contribution < 1.29 is 18.9 Å². The van der Waals surface area contributed by atoms with E-state index in [4.69, 9.17) is 18.9 Å². The maximum atomic E-state index is 5.75. The van der Waals surface area contributed by atoms with E-state index in [1.807, 2.05) is 0 Å². The Balaban J connectivity index is 1.28. The molecule has 2 aliphatic heterocycles. The second kappa shape index (κ2) is 14.7. The van der Waals surface area contributed by atoms with Gasteiger partial charge in [-0.15, -0.1) is 0 Å². The van der Waals surface area contributed by atoms with Crippen molar-refractivity contribution in [2.45, 2.75) is 96.1 Å². The third-order valence-corrected chi connectivity index (χ3v) is 4.83. The Bertz CT molecular complexity index is 320. The average Bonchev–Trinajstić information content (AvgIpc) is 2.67. The van der Waals surface area contributed by atoms with Gasteiger partial charge in [-0.25, -0.2) is 0 Å². The number of allylic oxidation sites excluding steroid dienone is 2. The summed E-state index contributed by atoms with van der Waals surface area (Å²) in [5, 5.41) is 0.